The predicted molar refractivity (Wildman–Crippen MR) is 68.1 cm³/mol. The molecule has 7 nitrogen and oxygen atoms in total. The lowest BCUT2D eigenvalue weighted by Gasteiger charge is -2.20. The third-order valence-electron chi connectivity index (χ3n) is 3.46. The molecular weight excluding hydrogens is 262 g/mol. The van der Waals surface area contributed by atoms with Crippen LogP contribution in [0, 0.1) is 12.3 Å². The number of amides is 5. The van der Waals surface area contributed by atoms with Crippen LogP contribution in [-0.4, -0.2) is 52.7 Å². The smallest absolute Gasteiger partial charge is 0.334 e. The van der Waals surface area contributed by atoms with Gasteiger partial charge in [-0.3, -0.25) is 19.3 Å². The number of nitrogens with zero attached hydrogens (tertiary/aromatic N) is 2. The molecule has 7 heteroatoms. The van der Waals surface area contributed by atoms with Crippen LogP contribution in [0.1, 0.15) is 25.7 Å². The number of carbonyl (C=O) groups excluding carboxylic acids is 4. The molecule has 0 unspecified atom stereocenters. The number of nitrogens with one attached hydrogen (secondary N) is 1. The third-order valence-corrected chi connectivity index (χ3v) is 3.46. The Bertz CT molecular complexity index is 502. The van der Waals surface area contributed by atoms with Crippen LogP contribution in [0.15, 0.2) is 0 Å². The minimum atomic E-state index is -0.947. The van der Waals surface area contributed by atoms with Gasteiger partial charge in [0, 0.05) is 6.04 Å². The Hall–Kier alpha value is -2.36. The molecule has 1 aliphatic carbocycles. The lowest BCUT2D eigenvalue weighted by molar-refractivity contribution is -0.144. The van der Waals surface area contributed by atoms with Crippen molar-refractivity contribution in [3.8, 4) is 12.3 Å². The van der Waals surface area contributed by atoms with Crippen molar-refractivity contribution in [1.29, 1.82) is 0 Å². The van der Waals surface area contributed by atoms with Crippen LogP contribution in [-0.2, 0) is 14.4 Å². The zero-order valence-electron chi connectivity index (χ0n) is 10.9. The van der Waals surface area contributed by atoms with Crippen LogP contribution in [0.5, 0.6) is 0 Å². The number of hydrogen-bond acceptors (Lipinski definition) is 4. The molecule has 5 amide bonds. The van der Waals surface area contributed by atoms with E-state index in [0.29, 0.717) is 17.7 Å². The molecule has 1 heterocycles. The fourth-order valence-electron chi connectivity index (χ4n) is 2.50. The monoisotopic (exact) mass is 277 g/mol. The maximum absolute atomic E-state index is 12.1. The summed E-state index contributed by atoms with van der Waals surface area (Å²) < 4.78 is 0. The van der Waals surface area contributed by atoms with Gasteiger partial charge in [-0.15, -0.1) is 6.42 Å². The van der Waals surface area contributed by atoms with Crippen LogP contribution in [0.4, 0.5) is 4.79 Å². The van der Waals surface area contributed by atoms with Gasteiger partial charge >= 0.3 is 17.8 Å². The summed E-state index contributed by atoms with van der Waals surface area (Å²) in [5, 5.41) is 2.35. The predicted octanol–water partition coefficient (Wildman–Crippen LogP) is -0.531. The van der Waals surface area contributed by atoms with Crippen LogP contribution < -0.4 is 5.32 Å². The Balaban J connectivity index is 2.05. The van der Waals surface area contributed by atoms with E-state index in [4.69, 9.17) is 6.42 Å². The Morgan fingerprint density at radius 2 is 1.90 bits per heavy atom. The lowest BCUT2D eigenvalue weighted by atomic mass is 10.2. The Morgan fingerprint density at radius 1 is 1.25 bits per heavy atom. The first-order valence-electron chi connectivity index (χ1n) is 6.45. The van der Waals surface area contributed by atoms with Crippen molar-refractivity contribution in [2.75, 3.05) is 13.1 Å². The van der Waals surface area contributed by atoms with E-state index in [1.165, 1.54) is 0 Å². The molecule has 0 aromatic rings. The fourth-order valence-corrected chi connectivity index (χ4v) is 2.50. The summed E-state index contributed by atoms with van der Waals surface area (Å²) in [5.41, 5.74) is 0. The second-order valence-electron chi connectivity index (χ2n) is 4.77. The second kappa shape index (κ2) is 5.74. The first kappa shape index (κ1) is 14.1. The minimum Gasteiger partial charge on any atom is -0.344 e. The van der Waals surface area contributed by atoms with Crippen molar-refractivity contribution in [3.63, 3.8) is 0 Å². The summed E-state index contributed by atoms with van der Waals surface area (Å²) >= 11 is 0. The van der Waals surface area contributed by atoms with Gasteiger partial charge in [-0.2, -0.15) is 0 Å². The number of terminal acetylenes is 1. The van der Waals surface area contributed by atoms with Crippen LogP contribution in [0.3, 0.4) is 0 Å². The van der Waals surface area contributed by atoms with E-state index < -0.39 is 30.3 Å². The highest BCUT2D eigenvalue weighted by molar-refractivity contribution is 6.45. The maximum Gasteiger partial charge on any atom is 0.334 e. The van der Waals surface area contributed by atoms with Crippen LogP contribution >= 0.6 is 0 Å². The maximum atomic E-state index is 12.1. The van der Waals surface area contributed by atoms with Crippen molar-refractivity contribution in [2.45, 2.75) is 31.7 Å². The van der Waals surface area contributed by atoms with Gasteiger partial charge in [-0.1, -0.05) is 18.8 Å². The van der Waals surface area contributed by atoms with Crippen molar-refractivity contribution < 1.29 is 19.2 Å². The summed E-state index contributed by atoms with van der Waals surface area (Å²) in [6.07, 6.45) is 8.27. The molecule has 20 heavy (non-hydrogen) atoms. The zero-order valence-corrected chi connectivity index (χ0v) is 10.9. The van der Waals surface area contributed by atoms with E-state index >= 15 is 0 Å². The van der Waals surface area contributed by atoms with Gasteiger partial charge in [-0.05, 0) is 12.8 Å². The normalized spacial score (nSPS) is 19.6. The van der Waals surface area contributed by atoms with E-state index in [0.717, 1.165) is 17.7 Å². The molecule has 0 bridgehead atoms. The van der Waals surface area contributed by atoms with Crippen molar-refractivity contribution >= 4 is 23.8 Å². The summed E-state index contributed by atoms with van der Waals surface area (Å²) in [5.74, 6) is -0.141. The van der Waals surface area contributed by atoms with E-state index in [1.807, 2.05) is 0 Å². The topological polar surface area (TPSA) is 86.8 Å². The number of rotatable bonds is 4. The van der Waals surface area contributed by atoms with Gasteiger partial charge in [-0.25, -0.2) is 9.69 Å². The molecule has 106 valence electrons. The quantitative estimate of drug-likeness (QED) is 0.425. The third kappa shape index (κ3) is 2.50. The summed E-state index contributed by atoms with van der Waals surface area (Å²) in [4.78, 5) is 48.9. The Kier molecular flexibility index (Phi) is 4.03. The molecule has 1 saturated carbocycles. The number of imide groups is 2. The number of urea groups is 1. The van der Waals surface area contributed by atoms with Crippen LogP contribution in [0.25, 0.3) is 0 Å². The molecule has 0 atom stereocenters. The second-order valence-corrected chi connectivity index (χ2v) is 4.77. The van der Waals surface area contributed by atoms with Gasteiger partial charge in [0.25, 0.3) is 0 Å². The van der Waals surface area contributed by atoms with E-state index in [2.05, 4.69) is 11.2 Å². The standard InChI is InChI=1S/C13H15N3O4/c1-2-7-14-10(17)8-15-11(18)12(19)16(13(15)20)9-5-3-4-6-9/h1,9H,3-8H2,(H,14,17). The van der Waals surface area contributed by atoms with Crippen LogP contribution in [0.2, 0.25) is 0 Å². The van der Waals surface area contributed by atoms with E-state index in [9.17, 15) is 19.2 Å². The van der Waals surface area contributed by atoms with Crippen molar-refractivity contribution in [3.05, 3.63) is 0 Å². The average Bonchev–Trinajstić information content (AvgIpc) is 3.01. The highest BCUT2D eigenvalue weighted by Gasteiger charge is 2.48. The molecule has 1 aliphatic heterocycles. The molecule has 0 aromatic carbocycles. The molecule has 0 spiro atoms. The molecular formula is C13H15N3O4. The fraction of sp³-hybridized carbons (Fsp3) is 0.538. The first-order valence-corrected chi connectivity index (χ1v) is 6.45. The number of hydrogen-bond donors (Lipinski definition) is 1. The molecule has 1 saturated heterocycles. The SMILES string of the molecule is C#CCNC(=O)CN1C(=O)C(=O)N(C2CCCC2)C1=O. The summed E-state index contributed by atoms with van der Waals surface area (Å²) in [6, 6.07) is -0.930. The molecule has 2 aliphatic rings. The minimum absolute atomic E-state index is 0.00927. The first-order chi connectivity index (χ1) is 9.56. The summed E-state index contributed by atoms with van der Waals surface area (Å²) in [7, 11) is 0. The van der Waals surface area contributed by atoms with Gasteiger partial charge in [0.15, 0.2) is 0 Å². The number of carbonyl (C=O) groups is 4. The van der Waals surface area contributed by atoms with Gasteiger partial charge < -0.3 is 5.32 Å². The highest BCUT2D eigenvalue weighted by atomic mass is 16.2. The Morgan fingerprint density at radius 3 is 2.50 bits per heavy atom. The molecule has 0 aromatic heterocycles. The average molecular weight is 277 g/mol. The zero-order chi connectivity index (χ0) is 14.7. The van der Waals surface area contributed by atoms with Gasteiger partial charge in [0.05, 0.1) is 6.54 Å². The molecule has 0 radical (unpaired) electrons. The van der Waals surface area contributed by atoms with Crippen molar-refractivity contribution in [2.24, 2.45) is 0 Å². The largest absolute Gasteiger partial charge is 0.344 e. The van der Waals surface area contributed by atoms with Gasteiger partial charge in [0.2, 0.25) is 5.91 Å². The highest BCUT2D eigenvalue weighted by Crippen LogP contribution is 2.27. The van der Waals surface area contributed by atoms with E-state index in [1.54, 1.807) is 0 Å². The Labute approximate surface area is 116 Å². The molecule has 2 fully saturated rings. The molecule has 2 rings (SSSR count). The van der Waals surface area contributed by atoms with Crippen molar-refractivity contribution in [1.82, 2.24) is 15.1 Å². The van der Waals surface area contributed by atoms with Gasteiger partial charge in [0.1, 0.15) is 6.54 Å². The lowest BCUT2D eigenvalue weighted by Crippen LogP contribution is -2.43. The van der Waals surface area contributed by atoms with E-state index in [-0.39, 0.29) is 12.6 Å². The molecule has 1 N–H and O–H groups in total. The summed E-state index contributed by atoms with van der Waals surface area (Å²) in [6.45, 7) is -0.469.